The topological polar surface area (TPSA) is 31.4 Å². The fourth-order valence-corrected chi connectivity index (χ4v) is 2.45. The molecule has 0 aromatic carbocycles. The predicted octanol–water partition coefficient (Wildman–Crippen LogP) is 1.50. The van der Waals surface area contributed by atoms with Gasteiger partial charge in [-0.15, -0.1) is 0 Å². The predicted molar refractivity (Wildman–Crippen MR) is 74.3 cm³/mol. The highest BCUT2D eigenvalue weighted by Crippen LogP contribution is 2.18. The fraction of sp³-hybridized carbons (Fsp3) is 0.583. The lowest BCUT2D eigenvalue weighted by molar-refractivity contribution is 0.122. The Labute approximate surface area is 111 Å². The molecule has 17 heavy (non-hydrogen) atoms. The molecule has 1 aliphatic heterocycles. The standard InChI is InChI=1S/C12H19BrN4/c1-16-6-7-17(2)10(9-16)8-15-12-11(13)4-3-5-14-12/h3-5,10H,6-9H2,1-2H3,(H,14,15). The van der Waals surface area contributed by atoms with Crippen LogP contribution in [-0.4, -0.2) is 61.1 Å². The van der Waals surface area contributed by atoms with E-state index in [1.54, 1.807) is 0 Å². The van der Waals surface area contributed by atoms with E-state index in [2.05, 4.69) is 50.1 Å². The monoisotopic (exact) mass is 298 g/mol. The summed E-state index contributed by atoms with van der Waals surface area (Å²) in [5.41, 5.74) is 0. The van der Waals surface area contributed by atoms with E-state index < -0.39 is 0 Å². The largest absolute Gasteiger partial charge is 0.368 e. The molecule has 1 fully saturated rings. The number of hydrogen-bond donors (Lipinski definition) is 1. The number of halogens is 1. The van der Waals surface area contributed by atoms with E-state index in [-0.39, 0.29) is 0 Å². The van der Waals surface area contributed by atoms with Crippen molar-refractivity contribution in [1.29, 1.82) is 0 Å². The molecule has 0 spiro atoms. The minimum Gasteiger partial charge on any atom is -0.368 e. The van der Waals surface area contributed by atoms with Gasteiger partial charge in [-0.1, -0.05) is 0 Å². The number of pyridine rings is 1. The van der Waals surface area contributed by atoms with Crippen LogP contribution in [0.5, 0.6) is 0 Å². The lowest BCUT2D eigenvalue weighted by Crippen LogP contribution is -2.52. The highest BCUT2D eigenvalue weighted by Gasteiger charge is 2.21. The first-order chi connectivity index (χ1) is 8.16. The van der Waals surface area contributed by atoms with Gasteiger partial charge in [0.05, 0.1) is 4.47 Å². The zero-order valence-electron chi connectivity index (χ0n) is 10.4. The Kier molecular flexibility index (Phi) is 4.36. The molecule has 2 heterocycles. The van der Waals surface area contributed by atoms with Gasteiger partial charge in [-0.2, -0.15) is 0 Å². The number of nitrogens with one attached hydrogen (secondary N) is 1. The summed E-state index contributed by atoms with van der Waals surface area (Å²) in [6.45, 7) is 4.32. The molecule has 1 atom stereocenters. The maximum atomic E-state index is 4.32. The lowest BCUT2D eigenvalue weighted by atomic mass is 10.2. The van der Waals surface area contributed by atoms with Gasteiger partial charge in [-0.05, 0) is 42.2 Å². The molecule has 0 saturated carbocycles. The van der Waals surface area contributed by atoms with Crippen LogP contribution in [0.3, 0.4) is 0 Å². The van der Waals surface area contributed by atoms with E-state index in [4.69, 9.17) is 0 Å². The van der Waals surface area contributed by atoms with Crippen LogP contribution in [0, 0.1) is 0 Å². The van der Waals surface area contributed by atoms with Crippen LogP contribution >= 0.6 is 15.9 Å². The Morgan fingerprint density at radius 3 is 3.06 bits per heavy atom. The zero-order chi connectivity index (χ0) is 12.3. The molecule has 1 aromatic heterocycles. The Bertz CT molecular complexity index is 371. The fourth-order valence-electron chi connectivity index (χ4n) is 2.05. The van der Waals surface area contributed by atoms with Crippen molar-refractivity contribution in [2.45, 2.75) is 6.04 Å². The summed E-state index contributed by atoms with van der Waals surface area (Å²) in [7, 11) is 4.36. The quantitative estimate of drug-likeness (QED) is 0.916. The molecule has 94 valence electrons. The van der Waals surface area contributed by atoms with Crippen LogP contribution in [0.15, 0.2) is 22.8 Å². The smallest absolute Gasteiger partial charge is 0.140 e. The van der Waals surface area contributed by atoms with Crippen molar-refractivity contribution >= 4 is 21.7 Å². The number of piperazine rings is 1. The summed E-state index contributed by atoms with van der Waals surface area (Å²) in [4.78, 5) is 9.10. The molecule has 0 bridgehead atoms. The van der Waals surface area contributed by atoms with E-state index in [0.29, 0.717) is 6.04 Å². The van der Waals surface area contributed by atoms with Crippen LogP contribution in [0.1, 0.15) is 0 Å². The van der Waals surface area contributed by atoms with Crippen LogP contribution in [-0.2, 0) is 0 Å². The SMILES string of the molecule is CN1CCN(C)C(CNc2ncccc2Br)C1. The molecule has 4 nitrogen and oxygen atoms in total. The Morgan fingerprint density at radius 1 is 1.47 bits per heavy atom. The van der Waals surface area contributed by atoms with Crippen molar-refractivity contribution in [2.75, 3.05) is 45.6 Å². The minimum absolute atomic E-state index is 0.544. The van der Waals surface area contributed by atoms with E-state index in [9.17, 15) is 0 Å². The van der Waals surface area contributed by atoms with Gasteiger partial charge in [0.1, 0.15) is 5.82 Å². The number of anilines is 1. The third-order valence-electron chi connectivity index (χ3n) is 3.24. The van der Waals surface area contributed by atoms with Gasteiger partial charge in [-0.25, -0.2) is 4.98 Å². The first-order valence-electron chi connectivity index (χ1n) is 5.90. The van der Waals surface area contributed by atoms with Crippen LogP contribution in [0.25, 0.3) is 0 Å². The van der Waals surface area contributed by atoms with Crippen LogP contribution in [0.2, 0.25) is 0 Å². The van der Waals surface area contributed by atoms with Gasteiger partial charge in [0.25, 0.3) is 0 Å². The molecule has 0 amide bonds. The van der Waals surface area contributed by atoms with Crippen molar-refractivity contribution in [3.8, 4) is 0 Å². The van der Waals surface area contributed by atoms with Gasteiger partial charge in [0.15, 0.2) is 0 Å². The van der Waals surface area contributed by atoms with Crippen molar-refractivity contribution < 1.29 is 0 Å². The molecule has 1 unspecified atom stereocenters. The summed E-state index contributed by atoms with van der Waals surface area (Å²) in [5, 5.41) is 3.41. The maximum Gasteiger partial charge on any atom is 0.140 e. The molecule has 1 aromatic rings. The van der Waals surface area contributed by atoms with Crippen molar-refractivity contribution in [2.24, 2.45) is 0 Å². The van der Waals surface area contributed by atoms with E-state index in [1.807, 2.05) is 18.3 Å². The van der Waals surface area contributed by atoms with Gasteiger partial charge < -0.3 is 10.2 Å². The molecule has 5 heteroatoms. The summed E-state index contributed by atoms with van der Waals surface area (Å²) in [5.74, 6) is 0.925. The summed E-state index contributed by atoms with van der Waals surface area (Å²) in [6.07, 6.45) is 1.81. The van der Waals surface area contributed by atoms with Gasteiger partial charge in [0, 0.05) is 38.4 Å². The van der Waals surface area contributed by atoms with E-state index in [1.165, 1.54) is 0 Å². The molecule has 1 N–H and O–H groups in total. The second-order valence-corrected chi connectivity index (χ2v) is 5.47. The van der Waals surface area contributed by atoms with Crippen LogP contribution in [0.4, 0.5) is 5.82 Å². The van der Waals surface area contributed by atoms with Crippen molar-refractivity contribution in [3.05, 3.63) is 22.8 Å². The zero-order valence-corrected chi connectivity index (χ0v) is 11.9. The van der Waals surface area contributed by atoms with Crippen molar-refractivity contribution in [3.63, 3.8) is 0 Å². The number of rotatable bonds is 3. The Morgan fingerprint density at radius 2 is 2.29 bits per heavy atom. The first kappa shape index (κ1) is 12.8. The third-order valence-corrected chi connectivity index (χ3v) is 3.88. The van der Waals surface area contributed by atoms with Crippen LogP contribution < -0.4 is 5.32 Å². The number of aromatic nitrogens is 1. The molecule has 1 aliphatic rings. The molecule has 0 aliphatic carbocycles. The third kappa shape index (κ3) is 3.40. The molecule has 2 rings (SSSR count). The van der Waals surface area contributed by atoms with Crippen molar-refractivity contribution in [1.82, 2.24) is 14.8 Å². The molecular weight excluding hydrogens is 280 g/mol. The minimum atomic E-state index is 0.544. The number of nitrogens with zero attached hydrogens (tertiary/aromatic N) is 3. The maximum absolute atomic E-state index is 4.32. The molecular formula is C12H19BrN4. The van der Waals surface area contributed by atoms with Gasteiger partial charge in [-0.3, -0.25) is 4.90 Å². The van der Waals surface area contributed by atoms with E-state index >= 15 is 0 Å². The first-order valence-corrected chi connectivity index (χ1v) is 6.69. The molecule has 0 radical (unpaired) electrons. The lowest BCUT2D eigenvalue weighted by Gasteiger charge is -2.37. The molecule has 1 saturated heterocycles. The number of likely N-dealkylation sites (N-methyl/N-ethyl adjacent to an activating group) is 2. The summed E-state index contributed by atoms with van der Waals surface area (Å²) in [6, 6.07) is 4.48. The summed E-state index contributed by atoms with van der Waals surface area (Å²) < 4.78 is 1.02. The van der Waals surface area contributed by atoms with E-state index in [0.717, 1.165) is 36.5 Å². The van der Waals surface area contributed by atoms with Gasteiger partial charge in [0.2, 0.25) is 0 Å². The number of hydrogen-bond acceptors (Lipinski definition) is 4. The highest BCUT2D eigenvalue weighted by atomic mass is 79.9. The Hall–Kier alpha value is -0.650. The second-order valence-electron chi connectivity index (χ2n) is 4.61. The highest BCUT2D eigenvalue weighted by molar-refractivity contribution is 9.10. The normalized spacial score (nSPS) is 22.6. The average Bonchev–Trinajstić information content (AvgIpc) is 2.32. The average molecular weight is 299 g/mol. The Balaban J connectivity index is 1.91. The summed E-state index contributed by atoms with van der Waals surface area (Å²) >= 11 is 3.50. The second kappa shape index (κ2) is 5.80. The van der Waals surface area contributed by atoms with Gasteiger partial charge >= 0.3 is 0 Å².